The number of hydrogen-bond donors (Lipinski definition) is 1. The molecule has 3 aromatic carbocycles. The van der Waals surface area contributed by atoms with Crippen molar-refractivity contribution in [3.8, 4) is 5.75 Å². The molecule has 0 unspecified atom stereocenters. The van der Waals surface area contributed by atoms with Gasteiger partial charge in [0.15, 0.2) is 6.10 Å². The Morgan fingerprint density at radius 1 is 0.929 bits per heavy atom. The highest BCUT2D eigenvalue weighted by Gasteiger charge is 2.17. The van der Waals surface area contributed by atoms with Gasteiger partial charge in [0.1, 0.15) is 5.75 Å². The molecule has 0 spiro atoms. The normalized spacial score (nSPS) is 11.4. The van der Waals surface area contributed by atoms with Crippen LogP contribution in [0.25, 0.3) is 0 Å². The molecule has 3 aromatic rings. The number of hydrazone groups is 1. The summed E-state index contributed by atoms with van der Waals surface area (Å²) in [5, 5.41) is 5.18. The number of nitrogens with zero attached hydrogens (tertiary/aromatic N) is 1. The lowest BCUT2D eigenvalue weighted by Gasteiger charge is -2.15. The Hall–Kier alpha value is -2.82. The van der Waals surface area contributed by atoms with E-state index in [1.807, 2.05) is 60.7 Å². The van der Waals surface area contributed by atoms with Crippen molar-refractivity contribution in [2.24, 2.45) is 5.10 Å². The number of hydrogen-bond acceptors (Lipinski definition) is 3. The van der Waals surface area contributed by atoms with Gasteiger partial charge in [0.25, 0.3) is 5.91 Å². The molecule has 4 nitrogen and oxygen atoms in total. The van der Waals surface area contributed by atoms with E-state index in [4.69, 9.17) is 27.9 Å². The molecule has 6 heteroatoms. The van der Waals surface area contributed by atoms with Gasteiger partial charge in [-0.2, -0.15) is 5.10 Å². The van der Waals surface area contributed by atoms with Crippen molar-refractivity contribution in [1.82, 2.24) is 5.43 Å². The molecular weight excluding hydrogens is 395 g/mol. The van der Waals surface area contributed by atoms with Gasteiger partial charge >= 0.3 is 0 Å². The van der Waals surface area contributed by atoms with E-state index in [2.05, 4.69) is 10.5 Å². The van der Waals surface area contributed by atoms with Crippen LogP contribution in [-0.2, 0) is 4.79 Å². The molecule has 0 aliphatic carbocycles. The highest BCUT2D eigenvalue weighted by Crippen LogP contribution is 2.28. The van der Waals surface area contributed by atoms with Crippen LogP contribution in [0.2, 0.25) is 10.0 Å². The molecule has 3 rings (SSSR count). The predicted molar refractivity (Wildman–Crippen MR) is 113 cm³/mol. The quantitative estimate of drug-likeness (QED) is 0.439. The number of nitrogens with one attached hydrogen (secondary N) is 1. The number of halogens is 2. The zero-order valence-electron chi connectivity index (χ0n) is 15.1. The highest BCUT2D eigenvalue weighted by molar-refractivity contribution is 6.35. The minimum Gasteiger partial charge on any atom is -0.479 e. The second-order valence-corrected chi connectivity index (χ2v) is 6.85. The lowest BCUT2D eigenvalue weighted by atomic mass is 10.0. The van der Waals surface area contributed by atoms with Crippen molar-refractivity contribution in [2.75, 3.05) is 0 Å². The van der Waals surface area contributed by atoms with Crippen LogP contribution in [0.1, 0.15) is 18.1 Å². The number of rotatable bonds is 6. The van der Waals surface area contributed by atoms with Gasteiger partial charge < -0.3 is 4.74 Å². The smallest absolute Gasteiger partial charge is 0.280 e. The summed E-state index contributed by atoms with van der Waals surface area (Å²) in [6.45, 7) is 1.63. The summed E-state index contributed by atoms with van der Waals surface area (Å²) >= 11 is 12.0. The molecule has 0 radical (unpaired) electrons. The molecular formula is C22H18Cl2N2O2. The number of amides is 1. The minimum atomic E-state index is -0.796. The van der Waals surface area contributed by atoms with Crippen molar-refractivity contribution in [1.29, 1.82) is 0 Å². The van der Waals surface area contributed by atoms with Crippen LogP contribution in [-0.4, -0.2) is 17.7 Å². The third kappa shape index (κ3) is 5.12. The predicted octanol–water partition coefficient (Wildman–Crippen LogP) is 5.33. The average Bonchev–Trinajstić information content (AvgIpc) is 2.71. The maximum absolute atomic E-state index is 12.5. The van der Waals surface area contributed by atoms with E-state index in [1.165, 1.54) is 0 Å². The standard InChI is InChI=1S/C22H18Cl2N2O2/c1-15(28-20-13-12-18(23)14-19(20)24)22(27)26-25-21(16-8-4-2-5-9-16)17-10-6-3-7-11-17/h2-15H,1H3,(H,26,27)/t15-/m0/s1. The van der Waals surface area contributed by atoms with Gasteiger partial charge in [0.2, 0.25) is 0 Å². The van der Waals surface area contributed by atoms with E-state index in [0.717, 1.165) is 11.1 Å². The Balaban J connectivity index is 1.77. The second-order valence-electron chi connectivity index (χ2n) is 6.00. The lowest BCUT2D eigenvalue weighted by Crippen LogP contribution is -2.34. The Morgan fingerprint density at radius 3 is 2.04 bits per heavy atom. The molecule has 1 amide bonds. The van der Waals surface area contributed by atoms with E-state index in [0.29, 0.717) is 21.5 Å². The first kappa shape index (κ1) is 19.9. The number of ether oxygens (including phenoxy) is 1. The van der Waals surface area contributed by atoms with Crippen LogP contribution >= 0.6 is 23.2 Å². The molecule has 0 bridgehead atoms. The summed E-state index contributed by atoms with van der Waals surface area (Å²) in [6, 6.07) is 24.1. The van der Waals surface area contributed by atoms with Crippen LogP contribution in [0.3, 0.4) is 0 Å². The summed E-state index contributed by atoms with van der Waals surface area (Å²) in [5.41, 5.74) is 5.03. The first-order chi connectivity index (χ1) is 13.5. The van der Waals surface area contributed by atoms with Gasteiger partial charge in [-0.3, -0.25) is 4.79 Å². The zero-order valence-corrected chi connectivity index (χ0v) is 16.6. The maximum Gasteiger partial charge on any atom is 0.280 e. The van der Waals surface area contributed by atoms with Crippen LogP contribution in [0, 0.1) is 0 Å². The zero-order chi connectivity index (χ0) is 19.9. The van der Waals surface area contributed by atoms with E-state index in [9.17, 15) is 4.79 Å². The molecule has 0 aliphatic heterocycles. The summed E-state index contributed by atoms with van der Waals surface area (Å²) < 4.78 is 5.63. The van der Waals surface area contributed by atoms with Crippen molar-refractivity contribution in [3.63, 3.8) is 0 Å². The highest BCUT2D eigenvalue weighted by atomic mass is 35.5. The van der Waals surface area contributed by atoms with Gasteiger partial charge in [0, 0.05) is 16.1 Å². The molecule has 28 heavy (non-hydrogen) atoms. The monoisotopic (exact) mass is 412 g/mol. The van der Waals surface area contributed by atoms with Gasteiger partial charge in [-0.05, 0) is 25.1 Å². The topological polar surface area (TPSA) is 50.7 Å². The van der Waals surface area contributed by atoms with Crippen LogP contribution in [0.4, 0.5) is 0 Å². The molecule has 0 fully saturated rings. The van der Waals surface area contributed by atoms with Crippen LogP contribution in [0.15, 0.2) is 84.0 Å². The van der Waals surface area contributed by atoms with Crippen molar-refractivity contribution in [2.45, 2.75) is 13.0 Å². The van der Waals surface area contributed by atoms with Gasteiger partial charge in [-0.25, -0.2) is 5.43 Å². The van der Waals surface area contributed by atoms with E-state index >= 15 is 0 Å². The van der Waals surface area contributed by atoms with E-state index < -0.39 is 12.0 Å². The fourth-order valence-corrected chi connectivity index (χ4v) is 2.96. The third-order valence-electron chi connectivity index (χ3n) is 3.94. The van der Waals surface area contributed by atoms with Crippen molar-refractivity contribution < 1.29 is 9.53 Å². The Bertz CT molecular complexity index is 935. The van der Waals surface area contributed by atoms with Gasteiger partial charge in [0.05, 0.1) is 10.7 Å². The molecule has 0 aromatic heterocycles. The van der Waals surface area contributed by atoms with Crippen molar-refractivity contribution in [3.05, 3.63) is 100 Å². The largest absolute Gasteiger partial charge is 0.479 e. The Labute approximate surface area is 173 Å². The molecule has 1 atom stereocenters. The third-order valence-corrected chi connectivity index (χ3v) is 4.47. The molecule has 0 saturated heterocycles. The first-order valence-electron chi connectivity index (χ1n) is 8.64. The fraction of sp³-hybridized carbons (Fsp3) is 0.0909. The SMILES string of the molecule is C[C@H](Oc1ccc(Cl)cc1Cl)C(=O)NN=C(c1ccccc1)c1ccccc1. The summed E-state index contributed by atoms with van der Waals surface area (Å²) in [6.07, 6.45) is -0.796. The lowest BCUT2D eigenvalue weighted by molar-refractivity contribution is -0.127. The summed E-state index contributed by atoms with van der Waals surface area (Å²) in [4.78, 5) is 12.5. The molecule has 0 heterocycles. The van der Waals surface area contributed by atoms with Crippen molar-refractivity contribution >= 4 is 34.8 Å². The molecule has 1 N–H and O–H groups in total. The number of carbonyl (C=O) groups excluding carboxylic acids is 1. The van der Waals surface area contributed by atoms with Gasteiger partial charge in [-0.15, -0.1) is 0 Å². The molecule has 142 valence electrons. The number of carbonyl (C=O) groups is 1. The van der Waals surface area contributed by atoms with Crippen LogP contribution < -0.4 is 10.2 Å². The fourth-order valence-electron chi connectivity index (χ4n) is 2.50. The number of benzene rings is 3. The Kier molecular flexibility index (Phi) is 6.69. The average molecular weight is 413 g/mol. The summed E-state index contributed by atoms with van der Waals surface area (Å²) in [5.74, 6) is -0.0144. The molecule has 0 aliphatic rings. The second kappa shape index (κ2) is 9.40. The summed E-state index contributed by atoms with van der Waals surface area (Å²) in [7, 11) is 0. The van der Waals surface area contributed by atoms with Gasteiger partial charge in [-0.1, -0.05) is 83.9 Å². The van der Waals surface area contributed by atoms with E-state index in [-0.39, 0.29) is 0 Å². The Morgan fingerprint density at radius 2 is 1.50 bits per heavy atom. The van der Waals surface area contributed by atoms with Crippen LogP contribution in [0.5, 0.6) is 5.75 Å². The maximum atomic E-state index is 12.5. The van der Waals surface area contributed by atoms with E-state index in [1.54, 1.807) is 25.1 Å². The first-order valence-corrected chi connectivity index (χ1v) is 9.40. The molecule has 0 saturated carbocycles. The minimum absolute atomic E-state index is 0.338.